The second-order valence-electron chi connectivity index (χ2n) is 8.01. The largest absolute Gasteiger partial charge is 0.330 e. The highest BCUT2D eigenvalue weighted by atomic mass is 16.9. The van der Waals surface area contributed by atoms with Gasteiger partial charge in [0, 0.05) is 33.3 Å². The summed E-state index contributed by atoms with van der Waals surface area (Å²) in [5.41, 5.74) is 1.13. The average Bonchev–Trinajstić information content (AvgIpc) is 2.73. The summed E-state index contributed by atoms with van der Waals surface area (Å²) in [5, 5.41) is 3.55. The Morgan fingerprint density at radius 1 is 0.786 bits per heavy atom. The van der Waals surface area contributed by atoms with E-state index in [0.29, 0.717) is 0 Å². The maximum Gasteiger partial charge on any atom is 0.287 e. The number of hydrogen-bond acceptors (Lipinski definition) is 4. The van der Waals surface area contributed by atoms with Crippen molar-refractivity contribution in [1.29, 1.82) is 0 Å². The molecule has 0 saturated heterocycles. The van der Waals surface area contributed by atoms with Crippen LogP contribution in [0.2, 0.25) is 0 Å². The number of unbranched alkanes of at least 4 members (excludes halogenated alkanes) is 5. The molecule has 1 N–H and O–H groups in total. The van der Waals surface area contributed by atoms with Crippen molar-refractivity contribution in [2.24, 2.45) is 5.41 Å². The molecule has 0 aliphatic carbocycles. The Balaban J connectivity index is 2.54. The van der Waals surface area contributed by atoms with E-state index < -0.39 is 5.97 Å². The molecule has 1 atom stereocenters. The van der Waals surface area contributed by atoms with Gasteiger partial charge < -0.3 is 19.5 Å². The molecule has 162 valence electrons. The molecule has 0 aliphatic heterocycles. The summed E-state index contributed by atoms with van der Waals surface area (Å²) in [4.78, 5) is 0. The minimum Gasteiger partial charge on any atom is -0.330 e. The first kappa shape index (κ1) is 25.1. The zero-order chi connectivity index (χ0) is 20.7. The first-order valence-electron chi connectivity index (χ1n) is 11.0. The molecule has 28 heavy (non-hydrogen) atoms. The van der Waals surface area contributed by atoms with Gasteiger partial charge in [-0.05, 0) is 31.4 Å². The van der Waals surface area contributed by atoms with Gasteiger partial charge in [0.05, 0.1) is 0 Å². The van der Waals surface area contributed by atoms with E-state index in [1.807, 2.05) is 0 Å². The van der Waals surface area contributed by atoms with Crippen LogP contribution >= 0.6 is 0 Å². The number of benzene rings is 1. The van der Waals surface area contributed by atoms with Gasteiger partial charge in [0.15, 0.2) is 0 Å². The Morgan fingerprint density at radius 3 is 1.96 bits per heavy atom. The number of nitrogens with one attached hydrogen (secondary N) is 1. The van der Waals surface area contributed by atoms with Crippen molar-refractivity contribution in [3.63, 3.8) is 0 Å². The molecule has 1 aromatic carbocycles. The van der Waals surface area contributed by atoms with Gasteiger partial charge in [-0.2, -0.15) is 0 Å². The maximum atomic E-state index is 5.76. The normalized spacial score (nSPS) is 14.2. The fraction of sp³-hybridized carbons (Fsp3) is 0.750. The molecule has 0 aliphatic rings. The lowest BCUT2D eigenvalue weighted by molar-refractivity contribution is -0.406. The molecule has 1 unspecified atom stereocenters. The molecule has 0 radical (unpaired) electrons. The van der Waals surface area contributed by atoms with E-state index in [4.69, 9.17) is 14.2 Å². The summed E-state index contributed by atoms with van der Waals surface area (Å²) in [6.45, 7) is 6.37. The van der Waals surface area contributed by atoms with Crippen LogP contribution in [0.15, 0.2) is 30.3 Å². The lowest BCUT2D eigenvalue weighted by atomic mass is 9.77. The quantitative estimate of drug-likeness (QED) is 0.264. The Morgan fingerprint density at radius 2 is 1.36 bits per heavy atom. The van der Waals surface area contributed by atoms with Gasteiger partial charge in [-0.15, -0.1) is 0 Å². The number of rotatable bonds is 17. The van der Waals surface area contributed by atoms with Crippen LogP contribution in [-0.4, -0.2) is 33.8 Å². The van der Waals surface area contributed by atoms with E-state index in [1.54, 1.807) is 21.3 Å². The molecule has 0 aromatic heterocycles. The van der Waals surface area contributed by atoms with Gasteiger partial charge in [0.1, 0.15) is 0 Å². The third-order valence-corrected chi connectivity index (χ3v) is 5.88. The minimum atomic E-state index is -0.990. The van der Waals surface area contributed by atoms with Crippen molar-refractivity contribution < 1.29 is 14.2 Å². The van der Waals surface area contributed by atoms with Crippen molar-refractivity contribution in [3.05, 3.63) is 35.9 Å². The molecule has 0 heterocycles. The van der Waals surface area contributed by atoms with Crippen molar-refractivity contribution in [2.45, 2.75) is 84.2 Å². The topological polar surface area (TPSA) is 39.7 Å². The van der Waals surface area contributed by atoms with E-state index >= 15 is 0 Å². The highest BCUT2D eigenvalue weighted by molar-refractivity contribution is 5.14. The van der Waals surface area contributed by atoms with Crippen LogP contribution in [0, 0.1) is 5.41 Å². The number of ether oxygens (including phenoxy) is 3. The highest BCUT2D eigenvalue weighted by Gasteiger charge is 2.49. The third-order valence-electron chi connectivity index (χ3n) is 5.88. The van der Waals surface area contributed by atoms with Gasteiger partial charge in [0.2, 0.25) is 0 Å². The monoisotopic (exact) mass is 393 g/mol. The third kappa shape index (κ3) is 7.82. The van der Waals surface area contributed by atoms with Gasteiger partial charge in [-0.1, -0.05) is 82.7 Å². The highest BCUT2D eigenvalue weighted by Crippen LogP contribution is 2.44. The molecule has 1 rings (SSSR count). The van der Waals surface area contributed by atoms with E-state index in [-0.39, 0.29) is 5.41 Å². The van der Waals surface area contributed by atoms with Crippen LogP contribution in [0.25, 0.3) is 0 Å². The lowest BCUT2D eigenvalue weighted by Crippen LogP contribution is -2.51. The number of methoxy groups -OCH3 is 3. The summed E-state index contributed by atoms with van der Waals surface area (Å²) >= 11 is 0. The Hall–Kier alpha value is -0.940. The lowest BCUT2D eigenvalue weighted by Gasteiger charge is -2.45. The standard InChI is InChI=1S/C24H43NO3/c1-6-7-8-9-10-14-18-23(2,24(26-3,27-4)28-5)19-15-20-25-21-22-16-12-11-13-17-22/h11-13,16-17,25H,6-10,14-15,18-21H2,1-5H3. The van der Waals surface area contributed by atoms with Gasteiger partial charge in [0.25, 0.3) is 5.97 Å². The predicted molar refractivity (Wildman–Crippen MR) is 117 cm³/mol. The summed E-state index contributed by atoms with van der Waals surface area (Å²) in [5.74, 6) is -0.990. The molecule has 0 bridgehead atoms. The molecule has 0 saturated carbocycles. The zero-order valence-electron chi connectivity index (χ0n) is 18.9. The zero-order valence-corrected chi connectivity index (χ0v) is 18.9. The van der Waals surface area contributed by atoms with Crippen molar-refractivity contribution in [3.8, 4) is 0 Å². The Kier molecular flexibility index (Phi) is 12.6. The van der Waals surface area contributed by atoms with Crippen LogP contribution in [-0.2, 0) is 20.8 Å². The van der Waals surface area contributed by atoms with Crippen LogP contribution < -0.4 is 5.32 Å². The molecular formula is C24H43NO3. The summed E-state index contributed by atoms with van der Waals surface area (Å²) in [7, 11) is 5.04. The summed E-state index contributed by atoms with van der Waals surface area (Å²) in [6.07, 6.45) is 10.8. The van der Waals surface area contributed by atoms with E-state index in [1.165, 1.54) is 44.1 Å². The van der Waals surface area contributed by atoms with Crippen LogP contribution in [0.1, 0.15) is 77.2 Å². The van der Waals surface area contributed by atoms with Gasteiger partial charge >= 0.3 is 0 Å². The van der Waals surface area contributed by atoms with Crippen molar-refractivity contribution in [1.82, 2.24) is 5.32 Å². The molecule has 4 nitrogen and oxygen atoms in total. The molecule has 1 aromatic rings. The molecule has 0 fully saturated rings. The maximum absolute atomic E-state index is 5.76. The number of hydrogen-bond donors (Lipinski definition) is 1. The van der Waals surface area contributed by atoms with Gasteiger partial charge in [-0.25, -0.2) is 0 Å². The van der Waals surface area contributed by atoms with Crippen molar-refractivity contribution >= 4 is 0 Å². The van der Waals surface area contributed by atoms with E-state index in [2.05, 4.69) is 49.5 Å². The Bertz CT molecular complexity index is 482. The minimum absolute atomic E-state index is 0.190. The fourth-order valence-electron chi connectivity index (χ4n) is 4.15. The summed E-state index contributed by atoms with van der Waals surface area (Å²) < 4.78 is 17.3. The van der Waals surface area contributed by atoms with Crippen LogP contribution in [0.3, 0.4) is 0 Å². The molecule has 0 amide bonds. The molecular weight excluding hydrogens is 350 g/mol. The smallest absolute Gasteiger partial charge is 0.287 e. The van der Waals surface area contributed by atoms with Crippen molar-refractivity contribution in [2.75, 3.05) is 27.9 Å². The molecule has 0 spiro atoms. The fourth-order valence-corrected chi connectivity index (χ4v) is 4.15. The second-order valence-corrected chi connectivity index (χ2v) is 8.01. The van der Waals surface area contributed by atoms with Crippen LogP contribution in [0.5, 0.6) is 0 Å². The average molecular weight is 394 g/mol. The Labute approximate surface area is 173 Å². The predicted octanol–water partition coefficient (Wildman–Crippen LogP) is 5.91. The van der Waals surface area contributed by atoms with E-state index in [9.17, 15) is 0 Å². The first-order chi connectivity index (χ1) is 13.6. The SMILES string of the molecule is CCCCCCCCC(C)(CCCNCc1ccccc1)C(OC)(OC)OC. The van der Waals surface area contributed by atoms with Crippen LogP contribution in [0.4, 0.5) is 0 Å². The van der Waals surface area contributed by atoms with Gasteiger partial charge in [-0.3, -0.25) is 0 Å². The molecule has 4 heteroatoms. The second kappa shape index (κ2) is 14.1. The first-order valence-corrected chi connectivity index (χ1v) is 11.0. The van der Waals surface area contributed by atoms with E-state index in [0.717, 1.165) is 32.4 Å². The summed E-state index contributed by atoms with van der Waals surface area (Å²) in [6, 6.07) is 10.5.